The van der Waals surface area contributed by atoms with Gasteiger partial charge in [-0.25, -0.2) is 4.98 Å². The Balaban J connectivity index is 1.45. The number of nitrogens with one attached hydrogen (secondary N) is 1. The number of carbonyl (C=O) groups excluding carboxylic acids is 1. The molecular formula is C16H17N5O2S. The largest absolute Gasteiger partial charge is 0.493 e. The third kappa shape index (κ3) is 4.63. The van der Waals surface area contributed by atoms with Crippen molar-refractivity contribution in [3.05, 3.63) is 53.6 Å². The highest BCUT2D eigenvalue weighted by atomic mass is 32.1. The quantitative estimate of drug-likeness (QED) is 0.712. The number of imidazole rings is 1. The number of hydrogen-bond acceptors (Lipinski definition) is 6. The summed E-state index contributed by atoms with van der Waals surface area (Å²) in [5, 5.41) is 12.1. The van der Waals surface area contributed by atoms with Gasteiger partial charge in [0.1, 0.15) is 17.3 Å². The molecule has 0 spiro atoms. The Labute approximate surface area is 143 Å². The van der Waals surface area contributed by atoms with E-state index in [1.807, 2.05) is 31.2 Å². The maximum Gasteiger partial charge on any atom is 0.246 e. The number of nitrogens with zero attached hydrogens (tertiary/aromatic N) is 4. The van der Waals surface area contributed by atoms with Crippen molar-refractivity contribution in [3.63, 3.8) is 0 Å². The summed E-state index contributed by atoms with van der Waals surface area (Å²) in [4.78, 5) is 15.8. The van der Waals surface area contributed by atoms with Gasteiger partial charge in [0, 0.05) is 18.8 Å². The lowest BCUT2D eigenvalue weighted by Crippen LogP contribution is -2.17. The monoisotopic (exact) mass is 343 g/mol. The van der Waals surface area contributed by atoms with Crippen LogP contribution in [0.15, 0.2) is 43.0 Å². The molecule has 2 heterocycles. The van der Waals surface area contributed by atoms with Crippen LogP contribution in [0.2, 0.25) is 0 Å². The summed E-state index contributed by atoms with van der Waals surface area (Å²) in [6.07, 6.45) is 5.59. The van der Waals surface area contributed by atoms with Crippen LogP contribution in [0.4, 0.5) is 5.13 Å². The number of aryl methyl sites for hydroxylation is 1. The standard InChI is InChI=1S/C16H17N5O2S/c1-12-2-4-13(5-3-12)23-9-6-15-19-20-16(24-15)18-14(22)10-21-8-7-17-11-21/h2-5,7-8,11H,6,9-10H2,1H3,(H,18,20,22). The van der Waals surface area contributed by atoms with E-state index in [2.05, 4.69) is 20.5 Å². The van der Waals surface area contributed by atoms with Crippen molar-refractivity contribution in [3.8, 4) is 5.75 Å². The maximum atomic E-state index is 11.9. The Kier molecular flexibility index (Phi) is 5.17. The van der Waals surface area contributed by atoms with E-state index in [0.29, 0.717) is 18.2 Å². The van der Waals surface area contributed by atoms with Crippen molar-refractivity contribution >= 4 is 22.4 Å². The molecule has 0 atom stereocenters. The summed E-state index contributed by atoms with van der Waals surface area (Å²) >= 11 is 1.35. The first-order valence-electron chi connectivity index (χ1n) is 7.46. The lowest BCUT2D eigenvalue weighted by atomic mass is 10.2. The zero-order valence-electron chi connectivity index (χ0n) is 13.2. The van der Waals surface area contributed by atoms with Gasteiger partial charge >= 0.3 is 0 Å². The van der Waals surface area contributed by atoms with Crippen molar-refractivity contribution in [1.29, 1.82) is 0 Å². The zero-order valence-corrected chi connectivity index (χ0v) is 14.0. The predicted molar refractivity (Wildman–Crippen MR) is 91.1 cm³/mol. The van der Waals surface area contributed by atoms with E-state index >= 15 is 0 Å². The normalized spacial score (nSPS) is 10.5. The van der Waals surface area contributed by atoms with E-state index in [9.17, 15) is 4.79 Å². The van der Waals surface area contributed by atoms with E-state index < -0.39 is 0 Å². The summed E-state index contributed by atoms with van der Waals surface area (Å²) < 4.78 is 7.35. The summed E-state index contributed by atoms with van der Waals surface area (Å²) in [6, 6.07) is 7.90. The summed E-state index contributed by atoms with van der Waals surface area (Å²) in [6.45, 7) is 2.75. The molecule has 1 amide bonds. The van der Waals surface area contributed by atoms with Gasteiger partial charge in [0.05, 0.1) is 12.9 Å². The predicted octanol–water partition coefficient (Wildman–Crippen LogP) is 2.30. The van der Waals surface area contributed by atoms with Crippen molar-refractivity contribution in [2.24, 2.45) is 0 Å². The molecule has 0 aliphatic rings. The average Bonchev–Trinajstić information content (AvgIpc) is 3.21. The molecule has 1 N–H and O–H groups in total. The minimum absolute atomic E-state index is 0.161. The van der Waals surface area contributed by atoms with E-state index in [1.165, 1.54) is 16.9 Å². The van der Waals surface area contributed by atoms with Crippen LogP contribution in [0.1, 0.15) is 10.6 Å². The highest BCUT2D eigenvalue weighted by Gasteiger charge is 2.09. The van der Waals surface area contributed by atoms with Crippen LogP contribution in [0.5, 0.6) is 5.75 Å². The van der Waals surface area contributed by atoms with Crippen molar-refractivity contribution in [2.75, 3.05) is 11.9 Å². The number of benzene rings is 1. The number of aromatic nitrogens is 4. The van der Waals surface area contributed by atoms with E-state index in [4.69, 9.17) is 4.74 Å². The zero-order chi connectivity index (χ0) is 16.8. The fourth-order valence-corrected chi connectivity index (χ4v) is 2.74. The molecule has 7 nitrogen and oxygen atoms in total. The van der Waals surface area contributed by atoms with Gasteiger partial charge < -0.3 is 9.30 Å². The number of anilines is 1. The van der Waals surface area contributed by atoms with Crippen LogP contribution >= 0.6 is 11.3 Å². The highest BCUT2D eigenvalue weighted by molar-refractivity contribution is 7.15. The number of ether oxygens (including phenoxy) is 1. The average molecular weight is 343 g/mol. The molecule has 8 heteroatoms. The van der Waals surface area contributed by atoms with Gasteiger partial charge in [-0.05, 0) is 19.1 Å². The first kappa shape index (κ1) is 16.1. The van der Waals surface area contributed by atoms with Crippen LogP contribution in [-0.4, -0.2) is 32.3 Å². The second-order valence-corrected chi connectivity index (χ2v) is 6.26. The van der Waals surface area contributed by atoms with Crippen molar-refractivity contribution in [2.45, 2.75) is 19.9 Å². The van der Waals surface area contributed by atoms with Gasteiger partial charge in [-0.1, -0.05) is 29.0 Å². The molecule has 0 unspecified atom stereocenters. The van der Waals surface area contributed by atoms with Crippen molar-refractivity contribution < 1.29 is 9.53 Å². The molecular weight excluding hydrogens is 326 g/mol. The molecule has 1 aromatic carbocycles. The van der Waals surface area contributed by atoms with Gasteiger partial charge in [0.15, 0.2) is 0 Å². The molecule has 0 radical (unpaired) electrons. The third-order valence-electron chi connectivity index (χ3n) is 3.20. The fourth-order valence-electron chi connectivity index (χ4n) is 2.00. The molecule has 0 saturated carbocycles. The minimum Gasteiger partial charge on any atom is -0.493 e. The van der Waals surface area contributed by atoms with Gasteiger partial charge in [0.25, 0.3) is 0 Å². The number of carbonyl (C=O) groups is 1. The topological polar surface area (TPSA) is 81.9 Å². The van der Waals surface area contributed by atoms with Crippen molar-refractivity contribution in [1.82, 2.24) is 19.7 Å². The minimum atomic E-state index is -0.161. The van der Waals surface area contributed by atoms with E-state index in [-0.39, 0.29) is 12.5 Å². The molecule has 0 aliphatic carbocycles. The number of rotatable bonds is 7. The Morgan fingerprint density at radius 3 is 2.88 bits per heavy atom. The SMILES string of the molecule is Cc1ccc(OCCc2nnc(NC(=O)Cn3ccnc3)s2)cc1. The molecule has 0 saturated heterocycles. The number of hydrogen-bond donors (Lipinski definition) is 1. The van der Waals surface area contributed by atoms with Gasteiger partial charge in [-0.15, -0.1) is 10.2 Å². The number of amides is 1. The lowest BCUT2D eigenvalue weighted by molar-refractivity contribution is -0.116. The van der Waals surface area contributed by atoms with E-state index in [1.54, 1.807) is 23.3 Å². The molecule has 124 valence electrons. The Morgan fingerprint density at radius 1 is 1.29 bits per heavy atom. The first-order chi connectivity index (χ1) is 11.7. The molecule has 0 bridgehead atoms. The molecule has 3 rings (SSSR count). The smallest absolute Gasteiger partial charge is 0.246 e. The second-order valence-electron chi connectivity index (χ2n) is 5.20. The lowest BCUT2D eigenvalue weighted by Gasteiger charge is -2.04. The maximum absolute atomic E-state index is 11.9. The molecule has 3 aromatic rings. The third-order valence-corrected chi connectivity index (χ3v) is 4.10. The highest BCUT2D eigenvalue weighted by Crippen LogP contribution is 2.17. The Bertz CT molecular complexity index is 783. The molecule has 24 heavy (non-hydrogen) atoms. The van der Waals surface area contributed by atoms with Crippen LogP contribution in [0.3, 0.4) is 0 Å². The van der Waals surface area contributed by atoms with Gasteiger partial charge in [-0.2, -0.15) is 0 Å². The fraction of sp³-hybridized carbons (Fsp3) is 0.250. The van der Waals surface area contributed by atoms with Crippen LogP contribution in [-0.2, 0) is 17.8 Å². The van der Waals surface area contributed by atoms with Crippen LogP contribution in [0.25, 0.3) is 0 Å². The summed E-state index contributed by atoms with van der Waals surface area (Å²) in [5.74, 6) is 0.672. The Morgan fingerprint density at radius 2 is 2.12 bits per heavy atom. The molecule has 0 fully saturated rings. The Hall–Kier alpha value is -2.74. The molecule has 0 aliphatic heterocycles. The van der Waals surface area contributed by atoms with Crippen LogP contribution in [0, 0.1) is 6.92 Å². The van der Waals surface area contributed by atoms with Gasteiger partial charge in [-0.3, -0.25) is 10.1 Å². The van der Waals surface area contributed by atoms with Crippen LogP contribution < -0.4 is 10.1 Å². The van der Waals surface area contributed by atoms with E-state index in [0.717, 1.165) is 10.8 Å². The first-order valence-corrected chi connectivity index (χ1v) is 8.28. The second kappa shape index (κ2) is 7.69. The van der Waals surface area contributed by atoms with Gasteiger partial charge in [0.2, 0.25) is 11.0 Å². The molecule has 2 aromatic heterocycles. The summed E-state index contributed by atoms with van der Waals surface area (Å²) in [7, 11) is 0. The summed E-state index contributed by atoms with van der Waals surface area (Å²) in [5.41, 5.74) is 1.20.